The molecule has 1 amide bonds. The number of hydrogen-bond donors (Lipinski definition) is 3. The topological polar surface area (TPSA) is 70.6 Å². The summed E-state index contributed by atoms with van der Waals surface area (Å²) in [6.45, 7) is 1.84. The van der Waals surface area contributed by atoms with E-state index in [1.807, 2.05) is 18.2 Å². The van der Waals surface area contributed by atoms with Crippen molar-refractivity contribution in [3.05, 3.63) is 64.5 Å². The fourth-order valence-corrected chi connectivity index (χ4v) is 3.97. The van der Waals surface area contributed by atoms with Gasteiger partial charge in [0.05, 0.1) is 12.0 Å². The molecule has 27 heavy (non-hydrogen) atoms. The number of fused-ring (bicyclic) bond motifs is 1. The Morgan fingerprint density at radius 2 is 1.85 bits per heavy atom. The second-order valence-electron chi connectivity index (χ2n) is 6.41. The average molecular weight is 385 g/mol. The van der Waals surface area contributed by atoms with E-state index in [1.54, 1.807) is 18.7 Å². The third-order valence-electron chi connectivity index (χ3n) is 4.47. The second-order valence-corrected chi connectivity index (χ2v) is 7.49. The van der Waals surface area contributed by atoms with Gasteiger partial charge in [0, 0.05) is 11.2 Å². The van der Waals surface area contributed by atoms with Gasteiger partial charge in [-0.05, 0) is 66.6 Å². The van der Waals surface area contributed by atoms with Crippen LogP contribution in [0, 0.1) is 0 Å². The zero-order valence-electron chi connectivity index (χ0n) is 15.3. The lowest BCUT2D eigenvalue weighted by Gasteiger charge is -2.06. The molecule has 0 bridgehead atoms. The van der Waals surface area contributed by atoms with Crippen LogP contribution in [-0.2, 0) is 13.0 Å². The predicted octanol–water partition coefficient (Wildman–Crippen LogP) is 4.14. The van der Waals surface area contributed by atoms with Crippen LogP contribution < -0.4 is 15.5 Å². The van der Waals surface area contributed by atoms with Crippen molar-refractivity contribution in [2.45, 2.75) is 25.8 Å². The molecule has 3 rings (SSSR count). The molecule has 0 aliphatic carbocycles. The minimum absolute atomic E-state index is 0.458. The summed E-state index contributed by atoms with van der Waals surface area (Å²) < 4.78 is 6.24. The van der Waals surface area contributed by atoms with Crippen LogP contribution in [0.15, 0.2) is 48.5 Å². The summed E-state index contributed by atoms with van der Waals surface area (Å²) in [5, 5.41) is 13.2. The highest BCUT2D eigenvalue weighted by atomic mass is 32.1. The zero-order chi connectivity index (χ0) is 19.1. The molecule has 142 valence electrons. The molecule has 0 aliphatic rings. The maximum absolute atomic E-state index is 11.5. The summed E-state index contributed by atoms with van der Waals surface area (Å²) >= 11 is 1.40. The van der Waals surface area contributed by atoms with Gasteiger partial charge in [-0.15, -0.1) is 11.3 Å². The number of unbranched alkanes of at least 4 members (excludes halogenated alkanes) is 1. The molecule has 0 fully saturated rings. The van der Waals surface area contributed by atoms with Gasteiger partial charge in [-0.2, -0.15) is 0 Å². The Balaban J connectivity index is 1.41. The molecule has 0 saturated heterocycles. The van der Waals surface area contributed by atoms with Crippen molar-refractivity contribution >= 4 is 27.3 Å². The van der Waals surface area contributed by atoms with Crippen molar-refractivity contribution in [2.24, 2.45) is 0 Å². The van der Waals surface area contributed by atoms with Crippen LogP contribution in [0.2, 0.25) is 0 Å². The third-order valence-corrected chi connectivity index (χ3v) is 5.56. The van der Waals surface area contributed by atoms with Gasteiger partial charge in [-0.25, -0.2) is 5.48 Å². The maximum Gasteiger partial charge on any atom is 0.284 e. The van der Waals surface area contributed by atoms with Gasteiger partial charge < -0.3 is 10.1 Å². The van der Waals surface area contributed by atoms with Crippen LogP contribution in [0.3, 0.4) is 0 Å². The first-order valence-electron chi connectivity index (χ1n) is 9.00. The number of carbonyl (C=O) groups is 1. The van der Waals surface area contributed by atoms with E-state index < -0.39 is 5.91 Å². The maximum atomic E-state index is 11.5. The lowest BCUT2D eigenvalue weighted by Crippen LogP contribution is -2.16. The van der Waals surface area contributed by atoms with Gasteiger partial charge in [0.2, 0.25) is 0 Å². The predicted molar refractivity (Wildman–Crippen MR) is 109 cm³/mol. The number of thiophene rings is 1. The van der Waals surface area contributed by atoms with Gasteiger partial charge in [-0.3, -0.25) is 10.0 Å². The molecule has 6 heteroatoms. The van der Waals surface area contributed by atoms with Gasteiger partial charge in [0.1, 0.15) is 5.75 Å². The normalized spacial score (nSPS) is 10.9. The molecule has 5 nitrogen and oxygen atoms in total. The number of ether oxygens (including phenoxy) is 1. The van der Waals surface area contributed by atoms with Crippen LogP contribution >= 0.6 is 11.3 Å². The number of carbonyl (C=O) groups excluding carboxylic acids is 1. The van der Waals surface area contributed by atoms with E-state index in [-0.39, 0.29) is 0 Å². The smallest absolute Gasteiger partial charge is 0.284 e. The molecule has 2 aromatic carbocycles. The second kappa shape index (κ2) is 9.50. The van der Waals surface area contributed by atoms with E-state index in [0.29, 0.717) is 4.88 Å². The van der Waals surface area contributed by atoms with Crippen molar-refractivity contribution < 1.29 is 14.7 Å². The fraction of sp³-hybridized carbons (Fsp3) is 0.286. The standard InChI is InChI=1S/C21H24N2O3S/c1-26-18-9-6-16(7-10-18)14-22-11-3-2-4-15-5-8-17-13-20(21(24)23-25)27-19(17)12-15/h5-10,12-13,22,25H,2-4,11,14H2,1H3,(H,23,24). The van der Waals surface area contributed by atoms with Crippen molar-refractivity contribution in [2.75, 3.05) is 13.7 Å². The Kier molecular flexibility index (Phi) is 6.81. The molecule has 3 aromatic rings. The van der Waals surface area contributed by atoms with Crippen LogP contribution in [0.25, 0.3) is 10.1 Å². The van der Waals surface area contributed by atoms with E-state index >= 15 is 0 Å². The first kappa shape index (κ1) is 19.4. The van der Waals surface area contributed by atoms with E-state index in [0.717, 1.165) is 48.2 Å². The Morgan fingerprint density at radius 3 is 2.59 bits per heavy atom. The quantitative estimate of drug-likeness (QED) is 0.295. The highest BCUT2D eigenvalue weighted by Gasteiger charge is 2.09. The SMILES string of the molecule is COc1ccc(CNCCCCc2ccc3cc(C(=O)NO)sc3c2)cc1. The molecule has 1 heterocycles. The summed E-state index contributed by atoms with van der Waals surface area (Å²) in [5.74, 6) is 0.422. The largest absolute Gasteiger partial charge is 0.497 e. The molecule has 1 aromatic heterocycles. The molecule has 0 saturated carbocycles. The summed E-state index contributed by atoms with van der Waals surface area (Å²) in [4.78, 5) is 12.0. The molecular formula is C21H24N2O3S. The highest BCUT2D eigenvalue weighted by molar-refractivity contribution is 7.20. The minimum Gasteiger partial charge on any atom is -0.497 e. The Morgan fingerprint density at radius 1 is 1.07 bits per heavy atom. The van der Waals surface area contributed by atoms with Gasteiger partial charge in [0.25, 0.3) is 5.91 Å². The number of hydrogen-bond acceptors (Lipinski definition) is 5. The van der Waals surface area contributed by atoms with Crippen LogP contribution in [-0.4, -0.2) is 24.8 Å². The third kappa shape index (κ3) is 5.29. The number of amides is 1. The Labute approximate surface area is 162 Å². The number of methoxy groups -OCH3 is 1. The van der Waals surface area contributed by atoms with E-state index in [4.69, 9.17) is 9.94 Å². The van der Waals surface area contributed by atoms with Crippen molar-refractivity contribution in [1.29, 1.82) is 0 Å². The first-order chi connectivity index (χ1) is 13.2. The molecule has 3 N–H and O–H groups in total. The lowest BCUT2D eigenvalue weighted by molar-refractivity contribution is 0.0711. The summed E-state index contributed by atoms with van der Waals surface area (Å²) in [5.41, 5.74) is 4.21. The van der Waals surface area contributed by atoms with E-state index in [1.165, 1.54) is 22.5 Å². The Bertz CT molecular complexity index is 890. The number of aryl methyl sites for hydroxylation is 1. The van der Waals surface area contributed by atoms with Crippen LogP contribution in [0.1, 0.15) is 33.6 Å². The van der Waals surface area contributed by atoms with Crippen molar-refractivity contribution in [1.82, 2.24) is 10.8 Å². The van der Waals surface area contributed by atoms with Gasteiger partial charge >= 0.3 is 0 Å². The molecular weight excluding hydrogens is 360 g/mol. The minimum atomic E-state index is -0.458. The lowest BCUT2D eigenvalue weighted by atomic mass is 10.1. The Hall–Kier alpha value is -2.41. The summed E-state index contributed by atoms with van der Waals surface area (Å²) in [6, 6.07) is 16.2. The number of nitrogens with one attached hydrogen (secondary N) is 2. The number of hydroxylamine groups is 1. The fourth-order valence-electron chi connectivity index (χ4n) is 2.95. The molecule has 0 radical (unpaired) electrons. The van der Waals surface area contributed by atoms with Gasteiger partial charge in [0.15, 0.2) is 0 Å². The molecule has 0 spiro atoms. The zero-order valence-corrected chi connectivity index (χ0v) is 16.1. The van der Waals surface area contributed by atoms with Crippen LogP contribution in [0.5, 0.6) is 5.75 Å². The summed E-state index contributed by atoms with van der Waals surface area (Å²) in [6.07, 6.45) is 3.23. The number of benzene rings is 2. The molecule has 0 aliphatic heterocycles. The van der Waals surface area contributed by atoms with Crippen molar-refractivity contribution in [3.63, 3.8) is 0 Å². The van der Waals surface area contributed by atoms with Gasteiger partial charge in [-0.1, -0.05) is 24.3 Å². The van der Waals surface area contributed by atoms with E-state index in [9.17, 15) is 4.79 Å². The summed E-state index contributed by atoms with van der Waals surface area (Å²) in [7, 11) is 1.67. The molecule has 0 unspecified atom stereocenters. The van der Waals surface area contributed by atoms with Crippen molar-refractivity contribution in [3.8, 4) is 5.75 Å². The highest BCUT2D eigenvalue weighted by Crippen LogP contribution is 2.27. The molecule has 0 atom stereocenters. The average Bonchev–Trinajstić information content (AvgIpc) is 3.14. The monoisotopic (exact) mass is 384 g/mol. The number of rotatable bonds is 9. The first-order valence-corrected chi connectivity index (χ1v) is 9.82. The van der Waals surface area contributed by atoms with Crippen LogP contribution in [0.4, 0.5) is 0 Å². The van der Waals surface area contributed by atoms with E-state index in [2.05, 4.69) is 29.6 Å².